The summed E-state index contributed by atoms with van der Waals surface area (Å²) in [6.07, 6.45) is 1.99. The fourth-order valence-corrected chi connectivity index (χ4v) is 4.70. The maximum Gasteiger partial charge on any atom is 0.254 e. The van der Waals surface area contributed by atoms with Crippen molar-refractivity contribution in [2.75, 3.05) is 13.1 Å². The summed E-state index contributed by atoms with van der Waals surface area (Å²) in [4.78, 5) is 15.0. The smallest absolute Gasteiger partial charge is 0.254 e. The van der Waals surface area contributed by atoms with Crippen LogP contribution in [0.2, 0.25) is 0 Å². The van der Waals surface area contributed by atoms with Crippen LogP contribution < -0.4 is 4.74 Å². The van der Waals surface area contributed by atoms with E-state index < -0.39 is 6.10 Å². The number of aromatic nitrogens is 2. The molecule has 2 heterocycles. The number of H-pyrrole nitrogens is 1. The largest absolute Gasteiger partial charge is 0.488 e. The summed E-state index contributed by atoms with van der Waals surface area (Å²) >= 11 is 0. The number of hydrogen-bond donors (Lipinski definition) is 2. The van der Waals surface area contributed by atoms with Crippen LogP contribution in [-0.4, -0.2) is 51.4 Å². The van der Waals surface area contributed by atoms with Crippen LogP contribution in [0.5, 0.6) is 5.75 Å². The third-order valence-electron chi connectivity index (χ3n) is 6.19. The molecule has 2 aliphatic rings. The van der Waals surface area contributed by atoms with E-state index >= 15 is 0 Å². The number of hydrogen-bond acceptors (Lipinski definition) is 4. The van der Waals surface area contributed by atoms with Crippen molar-refractivity contribution < 1.29 is 19.0 Å². The third-order valence-corrected chi connectivity index (χ3v) is 6.19. The summed E-state index contributed by atoms with van der Waals surface area (Å²) in [5.41, 5.74) is 1.49. The third kappa shape index (κ3) is 3.35. The van der Waals surface area contributed by atoms with Crippen LogP contribution in [0.4, 0.5) is 4.39 Å². The Morgan fingerprint density at radius 3 is 2.69 bits per heavy atom. The van der Waals surface area contributed by atoms with Crippen LogP contribution in [0.15, 0.2) is 48.7 Å². The predicted molar refractivity (Wildman–Crippen MR) is 105 cm³/mol. The molecule has 1 aliphatic carbocycles. The highest BCUT2D eigenvalue weighted by Gasteiger charge is 2.44. The molecular weight excluding hydrogens is 373 g/mol. The minimum Gasteiger partial charge on any atom is -0.488 e. The molecule has 0 unspecified atom stereocenters. The first-order valence-corrected chi connectivity index (χ1v) is 9.90. The zero-order valence-corrected chi connectivity index (χ0v) is 15.8. The van der Waals surface area contributed by atoms with Gasteiger partial charge in [0.2, 0.25) is 0 Å². The van der Waals surface area contributed by atoms with Crippen LogP contribution >= 0.6 is 0 Å². The summed E-state index contributed by atoms with van der Waals surface area (Å²) in [6.45, 7) is 1.28. The monoisotopic (exact) mass is 395 g/mol. The van der Waals surface area contributed by atoms with E-state index in [1.165, 1.54) is 12.1 Å². The number of halogens is 1. The molecule has 4 atom stereocenters. The van der Waals surface area contributed by atoms with Gasteiger partial charge in [0.1, 0.15) is 17.7 Å². The van der Waals surface area contributed by atoms with Gasteiger partial charge in [-0.05, 0) is 61.1 Å². The number of aliphatic hydroxyl groups is 1. The zero-order valence-electron chi connectivity index (χ0n) is 15.8. The maximum atomic E-state index is 13.1. The topological polar surface area (TPSA) is 78.5 Å². The number of benzene rings is 2. The lowest BCUT2D eigenvalue weighted by Crippen LogP contribution is -2.42. The summed E-state index contributed by atoms with van der Waals surface area (Å²) in [5, 5.41) is 18.3. The van der Waals surface area contributed by atoms with E-state index in [0.29, 0.717) is 37.2 Å². The molecule has 29 heavy (non-hydrogen) atoms. The molecule has 7 heteroatoms. The Hall–Kier alpha value is -2.93. The lowest BCUT2D eigenvalue weighted by molar-refractivity contribution is -0.0231. The second kappa shape index (κ2) is 7.15. The number of aliphatic hydroxyl groups excluding tert-OH is 1. The summed E-state index contributed by atoms with van der Waals surface area (Å²) in [6, 6.07) is 11.4. The quantitative estimate of drug-likeness (QED) is 0.715. The SMILES string of the molecule is O=C(c1cccc2[nH]ncc12)N1C[C@H]2C[C@@H](Oc3ccc(F)cc3)[C@H](O)C[C@H]2C1. The molecule has 3 aromatic rings. The van der Waals surface area contributed by atoms with Crippen molar-refractivity contribution in [1.82, 2.24) is 15.1 Å². The Bertz CT molecular complexity index is 1040. The van der Waals surface area contributed by atoms with Gasteiger partial charge >= 0.3 is 0 Å². The lowest BCUT2D eigenvalue weighted by atomic mass is 9.78. The van der Waals surface area contributed by atoms with Crippen LogP contribution in [0, 0.1) is 17.7 Å². The van der Waals surface area contributed by atoms with Crippen molar-refractivity contribution >= 4 is 16.8 Å². The Labute approximate surface area is 167 Å². The normalized spacial score (nSPS) is 26.5. The van der Waals surface area contributed by atoms with E-state index in [0.717, 1.165) is 10.9 Å². The van der Waals surface area contributed by atoms with E-state index in [-0.39, 0.29) is 29.7 Å². The molecular formula is C22H22FN3O3. The molecule has 2 aromatic carbocycles. The molecule has 1 saturated carbocycles. The second-order valence-electron chi connectivity index (χ2n) is 8.02. The first-order chi connectivity index (χ1) is 14.1. The number of rotatable bonds is 3. The average Bonchev–Trinajstić information content (AvgIpc) is 3.36. The van der Waals surface area contributed by atoms with Gasteiger partial charge in [-0.2, -0.15) is 5.10 Å². The molecule has 1 amide bonds. The van der Waals surface area contributed by atoms with Crippen molar-refractivity contribution in [2.24, 2.45) is 11.8 Å². The maximum absolute atomic E-state index is 13.1. The molecule has 150 valence electrons. The number of nitrogens with zero attached hydrogens (tertiary/aromatic N) is 2. The second-order valence-corrected chi connectivity index (χ2v) is 8.02. The molecule has 0 spiro atoms. The number of carbonyl (C=O) groups is 1. The molecule has 6 nitrogen and oxygen atoms in total. The summed E-state index contributed by atoms with van der Waals surface area (Å²) in [5.74, 6) is 0.754. The van der Waals surface area contributed by atoms with Gasteiger partial charge in [-0.15, -0.1) is 0 Å². The van der Waals surface area contributed by atoms with Gasteiger partial charge in [-0.3, -0.25) is 9.89 Å². The van der Waals surface area contributed by atoms with E-state index in [4.69, 9.17) is 4.74 Å². The zero-order chi connectivity index (χ0) is 20.0. The number of carbonyl (C=O) groups excluding carboxylic acids is 1. The van der Waals surface area contributed by atoms with Crippen molar-refractivity contribution in [3.05, 3.63) is 60.0 Å². The predicted octanol–water partition coefficient (Wildman–Crippen LogP) is 2.99. The van der Waals surface area contributed by atoms with Crippen LogP contribution in [0.25, 0.3) is 10.9 Å². The van der Waals surface area contributed by atoms with E-state index in [1.807, 2.05) is 23.1 Å². The minimum atomic E-state index is -0.603. The fourth-order valence-electron chi connectivity index (χ4n) is 4.70. The standard InChI is InChI=1S/C22H22FN3O3/c23-15-4-6-16(7-5-15)29-21-9-14-12-26(11-13(14)8-20(21)27)22(28)17-2-1-3-19-18(17)10-24-25-19/h1-7,10,13-14,20-21,27H,8-9,11-12H2,(H,24,25)/t13-,14+,20+,21+/m0/s1. The Kier molecular flexibility index (Phi) is 4.47. The number of likely N-dealkylation sites (tertiary alicyclic amines) is 1. The molecule has 5 rings (SSSR count). The van der Waals surface area contributed by atoms with Gasteiger partial charge in [-0.1, -0.05) is 6.07 Å². The van der Waals surface area contributed by atoms with Crippen molar-refractivity contribution in [3.8, 4) is 5.75 Å². The number of ether oxygens (including phenoxy) is 1. The first kappa shape index (κ1) is 18.1. The Balaban J connectivity index is 1.30. The highest BCUT2D eigenvalue weighted by atomic mass is 19.1. The number of nitrogens with one attached hydrogen (secondary N) is 1. The highest BCUT2D eigenvalue weighted by Crippen LogP contribution is 2.38. The number of amides is 1. The van der Waals surface area contributed by atoms with Crippen molar-refractivity contribution in [2.45, 2.75) is 25.0 Å². The molecule has 0 bridgehead atoms. The van der Waals surface area contributed by atoms with Gasteiger partial charge in [0.15, 0.2) is 0 Å². The van der Waals surface area contributed by atoms with Gasteiger partial charge in [0.25, 0.3) is 5.91 Å². The molecule has 2 fully saturated rings. The average molecular weight is 395 g/mol. The van der Waals surface area contributed by atoms with Gasteiger partial charge in [0.05, 0.1) is 23.4 Å². The highest BCUT2D eigenvalue weighted by molar-refractivity contribution is 6.06. The number of aromatic amines is 1. The minimum absolute atomic E-state index is 0.00288. The molecule has 0 radical (unpaired) electrons. The van der Waals surface area contributed by atoms with E-state index in [2.05, 4.69) is 10.2 Å². The van der Waals surface area contributed by atoms with Crippen molar-refractivity contribution in [3.63, 3.8) is 0 Å². The number of fused-ring (bicyclic) bond motifs is 2. The van der Waals surface area contributed by atoms with Crippen molar-refractivity contribution in [1.29, 1.82) is 0 Å². The van der Waals surface area contributed by atoms with Crippen LogP contribution in [0.3, 0.4) is 0 Å². The summed E-state index contributed by atoms with van der Waals surface area (Å²) in [7, 11) is 0. The molecule has 2 N–H and O–H groups in total. The fraction of sp³-hybridized carbons (Fsp3) is 0.364. The Morgan fingerprint density at radius 2 is 1.90 bits per heavy atom. The lowest BCUT2D eigenvalue weighted by Gasteiger charge is -2.35. The van der Waals surface area contributed by atoms with Crippen LogP contribution in [0.1, 0.15) is 23.2 Å². The van der Waals surface area contributed by atoms with E-state index in [9.17, 15) is 14.3 Å². The summed E-state index contributed by atoms with van der Waals surface area (Å²) < 4.78 is 19.0. The molecule has 1 saturated heterocycles. The van der Waals surface area contributed by atoms with Gasteiger partial charge in [0, 0.05) is 18.5 Å². The molecule has 1 aliphatic heterocycles. The van der Waals surface area contributed by atoms with Gasteiger partial charge in [-0.25, -0.2) is 4.39 Å². The Morgan fingerprint density at radius 1 is 1.14 bits per heavy atom. The van der Waals surface area contributed by atoms with E-state index in [1.54, 1.807) is 18.3 Å². The van der Waals surface area contributed by atoms with Gasteiger partial charge < -0.3 is 14.7 Å². The van der Waals surface area contributed by atoms with Crippen LogP contribution in [-0.2, 0) is 0 Å². The molecule has 1 aromatic heterocycles. The first-order valence-electron chi connectivity index (χ1n) is 9.90.